The Kier molecular flexibility index (Phi) is 6.40. The summed E-state index contributed by atoms with van der Waals surface area (Å²) >= 11 is 0. The minimum Gasteiger partial charge on any atom is -0.464 e. The van der Waals surface area contributed by atoms with Gasteiger partial charge in [0, 0.05) is 18.7 Å². The number of aliphatic imine (C=N–C) groups is 1. The lowest BCUT2D eigenvalue weighted by Crippen LogP contribution is -2.50. The zero-order valence-corrected chi connectivity index (χ0v) is 16.7. The molecule has 152 valence electrons. The SMILES string of the molecule is COC(=O)c1cnc(NCCNC2C=C(c3cccc(C)c3C)N=C(N)N2)cn1. The third kappa shape index (κ3) is 5.08. The Hall–Kier alpha value is -3.46. The van der Waals surface area contributed by atoms with Gasteiger partial charge in [-0.25, -0.2) is 19.8 Å². The van der Waals surface area contributed by atoms with Gasteiger partial charge in [-0.05, 0) is 31.1 Å². The molecule has 2 heterocycles. The number of nitrogens with one attached hydrogen (secondary N) is 3. The van der Waals surface area contributed by atoms with Gasteiger partial charge in [0.05, 0.1) is 25.2 Å². The number of hydrogen-bond acceptors (Lipinski definition) is 9. The first-order valence-electron chi connectivity index (χ1n) is 9.24. The van der Waals surface area contributed by atoms with E-state index in [0.717, 1.165) is 11.3 Å². The van der Waals surface area contributed by atoms with Gasteiger partial charge in [0.1, 0.15) is 12.0 Å². The van der Waals surface area contributed by atoms with Crippen molar-refractivity contribution in [3.05, 3.63) is 59.1 Å². The fraction of sp³-hybridized carbons (Fsp3) is 0.300. The molecule has 1 aliphatic heterocycles. The number of aromatic nitrogens is 2. The minimum absolute atomic E-state index is 0.142. The molecule has 0 saturated carbocycles. The second-order valence-corrected chi connectivity index (χ2v) is 6.58. The first-order chi connectivity index (χ1) is 14.0. The molecule has 0 bridgehead atoms. The van der Waals surface area contributed by atoms with Crippen LogP contribution in [-0.4, -0.2) is 48.3 Å². The second kappa shape index (κ2) is 9.16. The van der Waals surface area contributed by atoms with Crippen molar-refractivity contribution >= 4 is 23.4 Å². The number of anilines is 1. The number of ether oxygens (including phenoxy) is 1. The highest BCUT2D eigenvalue weighted by molar-refractivity contribution is 5.88. The lowest BCUT2D eigenvalue weighted by atomic mass is 10.00. The highest BCUT2D eigenvalue weighted by atomic mass is 16.5. The molecule has 1 aromatic heterocycles. The standard InChI is InChI=1S/C20H25N7O2/c1-12-5-4-6-14(13(12)2)15-9-17(27-20(21)26-15)22-7-8-23-18-11-24-16(10-25-18)19(28)29-3/h4-6,9-11,17,22H,7-8H2,1-3H3,(H,23,25)(H3,21,26,27). The fourth-order valence-corrected chi connectivity index (χ4v) is 2.89. The topological polar surface area (TPSA) is 127 Å². The number of methoxy groups -OCH3 is 1. The van der Waals surface area contributed by atoms with Crippen LogP contribution in [0.25, 0.3) is 5.70 Å². The van der Waals surface area contributed by atoms with Crippen LogP contribution >= 0.6 is 0 Å². The van der Waals surface area contributed by atoms with Gasteiger partial charge in [0.15, 0.2) is 11.7 Å². The summed E-state index contributed by atoms with van der Waals surface area (Å²) in [6.07, 6.45) is 4.75. The Morgan fingerprint density at radius 3 is 2.79 bits per heavy atom. The number of nitrogens with two attached hydrogens (primary N) is 1. The van der Waals surface area contributed by atoms with Crippen molar-refractivity contribution in [2.75, 3.05) is 25.5 Å². The van der Waals surface area contributed by atoms with E-state index in [9.17, 15) is 4.79 Å². The number of carbonyl (C=O) groups is 1. The smallest absolute Gasteiger partial charge is 0.358 e. The summed E-state index contributed by atoms with van der Waals surface area (Å²) < 4.78 is 4.60. The summed E-state index contributed by atoms with van der Waals surface area (Å²) in [4.78, 5) is 24.0. The summed E-state index contributed by atoms with van der Waals surface area (Å²) in [5, 5.41) is 9.61. The zero-order valence-electron chi connectivity index (χ0n) is 16.7. The Morgan fingerprint density at radius 1 is 1.24 bits per heavy atom. The summed E-state index contributed by atoms with van der Waals surface area (Å²) in [6.45, 7) is 5.41. The van der Waals surface area contributed by atoms with Crippen LogP contribution in [0, 0.1) is 13.8 Å². The van der Waals surface area contributed by atoms with E-state index in [4.69, 9.17) is 5.73 Å². The summed E-state index contributed by atoms with van der Waals surface area (Å²) in [7, 11) is 1.30. The maximum absolute atomic E-state index is 11.4. The minimum atomic E-state index is -0.514. The molecule has 1 unspecified atom stereocenters. The van der Waals surface area contributed by atoms with Gasteiger partial charge in [-0.1, -0.05) is 18.2 Å². The lowest BCUT2D eigenvalue weighted by molar-refractivity contribution is 0.0593. The molecule has 9 nitrogen and oxygen atoms in total. The van der Waals surface area contributed by atoms with Crippen LogP contribution in [0.3, 0.4) is 0 Å². The van der Waals surface area contributed by atoms with Gasteiger partial charge < -0.3 is 21.1 Å². The molecule has 0 spiro atoms. The van der Waals surface area contributed by atoms with Gasteiger partial charge in [-0.3, -0.25) is 5.32 Å². The first kappa shape index (κ1) is 20.3. The van der Waals surface area contributed by atoms with Crippen LogP contribution in [0.4, 0.5) is 5.82 Å². The molecule has 1 aromatic carbocycles. The Labute approximate surface area is 169 Å². The van der Waals surface area contributed by atoms with Crippen molar-refractivity contribution in [2.24, 2.45) is 10.7 Å². The first-order valence-corrected chi connectivity index (χ1v) is 9.24. The molecule has 0 saturated heterocycles. The van der Waals surface area contributed by atoms with Gasteiger partial charge in [-0.2, -0.15) is 0 Å². The number of guanidine groups is 1. The zero-order chi connectivity index (χ0) is 20.8. The van der Waals surface area contributed by atoms with E-state index >= 15 is 0 Å². The van der Waals surface area contributed by atoms with E-state index in [2.05, 4.69) is 55.6 Å². The van der Waals surface area contributed by atoms with Crippen molar-refractivity contribution in [1.82, 2.24) is 20.6 Å². The Balaban J connectivity index is 1.55. The molecule has 0 fully saturated rings. The third-order valence-electron chi connectivity index (χ3n) is 4.59. The molecule has 1 atom stereocenters. The van der Waals surface area contributed by atoms with Crippen molar-refractivity contribution in [1.29, 1.82) is 0 Å². The highest BCUT2D eigenvalue weighted by Gasteiger charge is 2.16. The van der Waals surface area contributed by atoms with E-state index < -0.39 is 5.97 Å². The maximum atomic E-state index is 11.4. The lowest BCUT2D eigenvalue weighted by Gasteiger charge is -2.23. The number of benzene rings is 1. The van der Waals surface area contributed by atoms with E-state index in [0.29, 0.717) is 24.9 Å². The van der Waals surface area contributed by atoms with E-state index in [-0.39, 0.29) is 11.9 Å². The van der Waals surface area contributed by atoms with E-state index in [1.807, 2.05) is 18.2 Å². The van der Waals surface area contributed by atoms with Crippen molar-refractivity contribution in [3.8, 4) is 0 Å². The molecule has 9 heteroatoms. The molecular formula is C20H25N7O2. The molecule has 1 aliphatic rings. The monoisotopic (exact) mass is 395 g/mol. The van der Waals surface area contributed by atoms with Crippen LogP contribution in [0.2, 0.25) is 0 Å². The van der Waals surface area contributed by atoms with Crippen molar-refractivity contribution in [2.45, 2.75) is 20.0 Å². The van der Waals surface area contributed by atoms with Crippen LogP contribution in [-0.2, 0) is 4.74 Å². The average Bonchev–Trinajstić information content (AvgIpc) is 2.72. The molecule has 29 heavy (non-hydrogen) atoms. The van der Waals surface area contributed by atoms with Gasteiger partial charge in [0.2, 0.25) is 0 Å². The van der Waals surface area contributed by atoms with Crippen molar-refractivity contribution in [3.63, 3.8) is 0 Å². The van der Waals surface area contributed by atoms with Gasteiger partial charge in [-0.15, -0.1) is 0 Å². The number of aryl methyl sites for hydroxylation is 1. The number of rotatable bonds is 7. The molecule has 0 aliphatic carbocycles. The van der Waals surface area contributed by atoms with E-state index in [1.54, 1.807) is 0 Å². The van der Waals surface area contributed by atoms with E-state index in [1.165, 1.54) is 30.6 Å². The summed E-state index contributed by atoms with van der Waals surface area (Å²) in [6, 6.07) is 6.15. The molecular weight excluding hydrogens is 370 g/mol. The number of nitrogens with zero attached hydrogens (tertiary/aromatic N) is 3. The average molecular weight is 395 g/mol. The Bertz CT molecular complexity index is 938. The third-order valence-corrected chi connectivity index (χ3v) is 4.59. The summed E-state index contributed by atoms with van der Waals surface area (Å²) in [5.74, 6) is 0.432. The van der Waals surface area contributed by atoms with Gasteiger partial charge >= 0.3 is 5.97 Å². The number of carbonyl (C=O) groups excluding carboxylic acids is 1. The van der Waals surface area contributed by atoms with Crippen LogP contribution in [0.5, 0.6) is 0 Å². The predicted molar refractivity (Wildman–Crippen MR) is 112 cm³/mol. The van der Waals surface area contributed by atoms with Crippen LogP contribution in [0.15, 0.2) is 41.7 Å². The molecule has 0 radical (unpaired) electrons. The molecule has 2 aromatic rings. The fourth-order valence-electron chi connectivity index (χ4n) is 2.89. The summed E-state index contributed by atoms with van der Waals surface area (Å²) in [5.41, 5.74) is 10.5. The quantitative estimate of drug-likeness (QED) is 0.406. The van der Waals surface area contributed by atoms with Crippen LogP contribution in [0.1, 0.15) is 27.2 Å². The number of esters is 1. The van der Waals surface area contributed by atoms with Gasteiger partial charge in [0.25, 0.3) is 0 Å². The second-order valence-electron chi connectivity index (χ2n) is 6.58. The molecule has 3 rings (SSSR count). The van der Waals surface area contributed by atoms with Crippen LogP contribution < -0.4 is 21.7 Å². The predicted octanol–water partition coefficient (Wildman–Crippen LogP) is 1.17. The maximum Gasteiger partial charge on any atom is 0.358 e. The highest BCUT2D eigenvalue weighted by Crippen LogP contribution is 2.24. The van der Waals surface area contributed by atoms with Crippen molar-refractivity contribution < 1.29 is 9.53 Å². The Morgan fingerprint density at radius 2 is 2.07 bits per heavy atom. The molecule has 0 amide bonds. The normalized spacial score (nSPS) is 15.8. The largest absolute Gasteiger partial charge is 0.464 e. The molecule has 5 N–H and O–H groups in total. The number of hydrogen-bond donors (Lipinski definition) is 4.